The lowest BCUT2D eigenvalue weighted by molar-refractivity contribution is 0.0994. The second-order valence-corrected chi connectivity index (χ2v) is 3.04. The van der Waals surface area contributed by atoms with Crippen LogP contribution in [0.25, 0.3) is 10.8 Å². The highest BCUT2D eigenvalue weighted by Gasteiger charge is 2.10. The number of benzene rings is 1. The highest BCUT2D eigenvalue weighted by molar-refractivity contribution is 6.05. The van der Waals surface area contributed by atoms with Gasteiger partial charge in [0.1, 0.15) is 5.69 Å². The molecule has 2 aromatic rings. The molecule has 1 heterocycles. The first-order valence-corrected chi connectivity index (χ1v) is 4.04. The molecule has 13 heavy (non-hydrogen) atoms. The zero-order chi connectivity index (χ0) is 9.42. The molecule has 0 aliphatic heterocycles. The number of aromatic nitrogens is 1. The Morgan fingerprint density at radius 3 is 2.77 bits per heavy atom. The van der Waals surface area contributed by atoms with Gasteiger partial charge in [-0.05, 0) is 0 Å². The summed E-state index contributed by atoms with van der Waals surface area (Å²) in [5.74, 6) is -0.385. The summed E-state index contributed by atoms with van der Waals surface area (Å²) in [5.41, 5.74) is 5.83. The van der Waals surface area contributed by atoms with Crippen LogP contribution in [0.3, 0.4) is 0 Å². The summed E-state index contributed by atoms with van der Waals surface area (Å²) in [4.78, 5) is 11.1. The van der Waals surface area contributed by atoms with E-state index in [4.69, 9.17) is 5.73 Å². The quantitative estimate of drug-likeness (QED) is 0.695. The summed E-state index contributed by atoms with van der Waals surface area (Å²) in [6.45, 7) is 0. The van der Waals surface area contributed by atoms with Crippen LogP contribution >= 0.6 is 0 Å². The SMILES string of the molecule is Cn1cc2ccccc2c1C(N)=O. The lowest BCUT2D eigenvalue weighted by atomic mass is 10.2. The van der Waals surface area contributed by atoms with Gasteiger partial charge >= 0.3 is 0 Å². The zero-order valence-corrected chi connectivity index (χ0v) is 7.32. The van der Waals surface area contributed by atoms with Gasteiger partial charge in [-0.15, -0.1) is 0 Å². The van der Waals surface area contributed by atoms with Crippen molar-refractivity contribution in [3.8, 4) is 0 Å². The van der Waals surface area contributed by atoms with Gasteiger partial charge in [0, 0.05) is 24.0 Å². The van der Waals surface area contributed by atoms with Crippen molar-refractivity contribution in [1.29, 1.82) is 0 Å². The fourth-order valence-electron chi connectivity index (χ4n) is 1.59. The molecule has 0 spiro atoms. The van der Waals surface area contributed by atoms with Crippen molar-refractivity contribution < 1.29 is 4.79 Å². The van der Waals surface area contributed by atoms with Gasteiger partial charge < -0.3 is 10.3 Å². The monoisotopic (exact) mass is 174 g/mol. The summed E-state index contributed by atoms with van der Waals surface area (Å²) in [7, 11) is 1.82. The number of fused-ring (bicyclic) bond motifs is 1. The Labute approximate surface area is 75.8 Å². The maximum Gasteiger partial charge on any atom is 0.265 e. The Morgan fingerprint density at radius 2 is 2.08 bits per heavy atom. The van der Waals surface area contributed by atoms with Crippen LogP contribution in [0.15, 0.2) is 30.5 Å². The molecule has 3 nitrogen and oxygen atoms in total. The highest BCUT2D eigenvalue weighted by atomic mass is 16.1. The lowest BCUT2D eigenvalue weighted by Gasteiger charge is -1.97. The Kier molecular flexibility index (Phi) is 1.59. The number of nitrogens with zero attached hydrogens (tertiary/aromatic N) is 1. The average Bonchev–Trinajstić information content (AvgIpc) is 2.39. The van der Waals surface area contributed by atoms with Crippen LogP contribution in [-0.2, 0) is 7.05 Å². The molecule has 1 aromatic heterocycles. The summed E-state index contributed by atoms with van der Waals surface area (Å²) in [6, 6.07) is 7.69. The van der Waals surface area contributed by atoms with E-state index in [2.05, 4.69) is 0 Å². The topological polar surface area (TPSA) is 48.0 Å². The van der Waals surface area contributed by atoms with Crippen molar-refractivity contribution >= 4 is 16.7 Å². The molecule has 0 radical (unpaired) electrons. The third-order valence-electron chi connectivity index (χ3n) is 2.13. The van der Waals surface area contributed by atoms with Gasteiger partial charge in [0.15, 0.2) is 0 Å². The number of amides is 1. The predicted molar refractivity (Wildman–Crippen MR) is 51.4 cm³/mol. The molecule has 2 N–H and O–H groups in total. The molecule has 1 aromatic carbocycles. The Morgan fingerprint density at radius 1 is 1.38 bits per heavy atom. The van der Waals surface area contributed by atoms with Crippen molar-refractivity contribution in [1.82, 2.24) is 4.57 Å². The molecule has 1 amide bonds. The number of hydrogen-bond donors (Lipinski definition) is 1. The van der Waals surface area contributed by atoms with E-state index in [9.17, 15) is 4.79 Å². The normalized spacial score (nSPS) is 10.5. The van der Waals surface area contributed by atoms with Gasteiger partial charge in [-0.2, -0.15) is 0 Å². The van der Waals surface area contributed by atoms with E-state index in [0.29, 0.717) is 5.69 Å². The first kappa shape index (κ1) is 7.86. The minimum atomic E-state index is -0.385. The second-order valence-electron chi connectivity index (χ2n) is 3.04. The molecule has 0 aliphatic rings. The Hall–Kier alpha value is -1.77. The van der Waals surface area contributed by atoms with Crippen LogP contribution in [0.2, 0.25) is 0 Å². The highest BCUT2D eigenvalue weighted by Crippen LogP contribution is 2.19. The molecule has 0 unspecified atom stereocenters. The van der Waals surface area contributed by atoms with Crippen LogP contribution in [0.5, 0.6) is 0 Å². The number of carbonyl (C=O) groups excluding carboxylic acids is 1. The van der Waals surface area contributed by atoms with Crippen LogP contribution in [0, 0.1) is 0 Å². The average molecular weight is 174 g/mol. The standard InChI is InChI=1S/C10H10N2O/c1-12-6-7-4-2-3-5-8(7)9(12)10(11)13/h2-6H,1H3,(H2,11,13). The van der Waals surface area contributed by atoms with Crippen molar-refractivity contribution in [2.45, 2.75) is 0 Å². The molecular formula is C10H10N2O. The van der Waals surface area contributed by atoms with Crippen molar-refractivity contribution in [3.63, 3.8) is 0 Å². The largest absolute Gasteiger partial charge is 0.364 e. The number of hydrogen-bond acceptors (Lipinski definition) is 1. The molecule has 0 bridgehead atoms. The minimum absolute atomic E-state index is 0.385. The molecular weight excluding hydrogens is 164 g/mol. The summed E-state index contributed by atoms with van der Waals surface area (Å²) >= 11 is 0. The van der Waals surface area contributed by atoms with Gasteiger partial charge in [0.2, 0.25) is 0 Å². The van der Waals surface area contributed by atoms with Crippen LogP contribution in [-0.4, -0.2) is 10.5 Å². The molecule has 0 aliphatic carbocycles. The van der Waals surface area contributed by atoms with Gasteiger partial charge in [-0.1, -0.05) is 24.3 Å². The van der Waals surface area contributed by atoms with E-state index < -0.39 is 0 Å². The van der Waals surface area contributed by atoms with Crippen LogP contribution in [0.4, 0.5) is 0 Å². The minimum Gasteiger partial charge on any atom is -0.364 e. The maximum absolute atomic E-state index is 11.1. The van der Waals surface area contributed by atoms with E-state index in [1.807, 2.05) is 37.5 Å². The van der Waals surface area contributed by atoms with Crippen molar-refractivity contribution in [2.24, 2.45) is 12.8 Å². The molecule has 0 saturated heterocycles. The van der Waals surface area contributed by atoms with E-state index in [-0.39, 0.29) is 5.91 Å². The van der Waals surface area contributed by atoms with Gasteiger partial charge in [-0.25, -0.2) is 0 Å². The number of primary amides is 1. The summed E-state index contributed by atoms with van der Waals surface area (Å²) in [5, 5.41) is 1.95. The fraction of sp³-hybridized carbons (Fsp3) is 0.100. The van der Waals surface area contributed by atoms with Gasteiger partial charge in [0.05, 0.1) is 0 Å². The van der Waals surface area contributed by atoms with Crippen LogP contribution in [0.1, 0.15) is 10.5 Å². The number of nitrogens with two attached hydrogens (primary N) is 1. The first-order chi connectivity index (χ1) is 6.20. The van der Waals surface area contributed by atoms with E-state index in [0.717, 1.165) is 10.8 Å². The smallest absolute Gasteiger partial charge is 0.265 e. The molecule has 2 rings (SSSR count). The van der Waals surface area contributed by atoms with Crippen LogP contribution < -0.4 is 5.73 Å². The van der Waals surface area contributed by atoms with E-state index >= 15 is 0 Å². The van der Waals surface area contributed by atoms with Gasteiger partial charge in [-0.3, -0.25) is 4.79 Å². The molecule has 0 atom stereocenters. The third kappa shape index (κ3) is 1.09. The second kappa shape index (κ2) is 2.62. The number of aryl methyl sites for hydroxylation is 1. The predicted octanol–water partition coefficient (Wildman–Crippen LogP) is 1.28. The maximum atomic E-state index is 11.1. The van der Waals surface area contributed by atoms with Gasteiger partial charge in [0.25, 0.3) is 5.91 Å². The lowest BCUT2D eigenvalue weighted by Crippen LogP contribution is -2.15. The summed E-state index contributed by atoms with van der Waals surface area (Å²) < 4.78 is 1.76. The van der Waals surface area contributed by atoms with Crippen molar-refractivity contribution in [3.05, 3.63) is 36.2 Å². The van der Waals surface area contributed by atoms with E-state index in [1.54, 1.807) is 4.57 Å². The Balaban J connectivity index is 2.86. The molecule has 0 fully saturated rings. The van der Waals surface area contributed by atoms with Crippen molar-refractivity contribution in [2.75, 3.05) is 0 Å². The molecule has 0 saturated carbocycles. The molecule has 3 heteroatoms. The number of rotatable bonds is 1. The third-order valence-corrected chi connectivity index (χ3v) is 2.13. The first-order valence-electron chi connectivity index (χ1n) is 4.04. The number of carbonyl (C=O) groups is 1. The summed E-state index contributed by atoms with van der Waals surface area (Å²) in [6.07, 6.45) is 1.90. The zero-order valence-electron chi connectivity index (χ0n) is 7.32. The fourth-order valence-corrected chi connectivity index (χ4v) is 1.59. The molecule has 66 valence electrons. The Bertz CT molecular complexity index is 471. The van der Waals surface area contributed by atoms with E-state index in [1.165, 1.54) is 0 Å².